The van der Waals surface area contributed by atoms with Gasteiger partial charge in [0, 0.05) is 11.2 Å². The molecule has 3 N–H and O–H groups in total. The highest BCUT2D eigenvalue weighted by atomic mass is 35.5. The average Bonchev–Trinajstić information content (AvgIpc) is 2.36. The lowest BCUT2D eigenvalue weighted by molar-refractivity contribution is 0.573. The number of rotatable bonds is 3. The Balaban J connectivity index is 2.43. The molecule has 5 nitrogen and oxygen atoms in total. The molecule has 0 aliphatic heterocycles. The van der Waals surface area contributed by atoms with E-state index >= 15 is 0 Å². The van der Waals surface area contributed by atoms with Gasteiger partial charge in [0.25, 0.3) is 10.0 Å². The maximum Gasteiger partial charge on any atom is 0.266 e. The highest BCUT2D eigenvalue weighted by molar-refractivity contribution is 7.92. The summed E-state index contributed by atoms with van der Waals surface area (Å²) in [5.74, 6) is -0.970. The minimum Gasteiger partial charge on any atom is -0.396 e. The van der Waals surface area contributed by atoms with Crippen molar-refractivity contribution < 1.29 is 12.8 Å². The number of halogens is 2. The van der Waals surface area contributed by atoms with Gasteiger partial charge in [-0.25, -0.2) is 17.8 Å². The van der Waals surface area contributed by atoms with E-state index in [9.17, 15) is 12.8 Å². The number of aromatic nitrogens is 1. The lowest BCUT2D eigenvalue weighted by Gasteiger charge is -2.10. The second kappa shape index (κ2) is 5.26. The Morgan fingerprint density at radius 2 is 2.05 bits per heavy atom. The van der Waals surface area contributed by atoms with Crippen LogP contribution in [-0.4, -0.2) is 13.4 Å². The first-order valence-electron chi connectivity index (χ1n) is 5.49. The topological polar surface area (TPSA) is 85.1 Å². The summed E-state index contributed by atoms with van der Waals surface area (Å²) in [6.45, 7) is 1.81. The van der Waals surface area contributed by atoms with Gasteiger partial charge in [0.05, 0.1) is 5.69 Å². The summed E-state index contributed by atoms with van der Waals surface area (Å²) >= 11 is 5.70. The lowest BCUT2D eigenvalue weighted by atomic mass is 10.3. The molecule has 0 radical (unpaired) electrons. The van der Waals surface area contributed by atoms with Crippen LogP contribution in [-0.2, 0) is 10.0 Å². The summed E-state index contributed by atoms with van der Waals surface area (Å²) in [6.07, 6.45) is 1.49. The molecule has 2 rings (SSSR count). The van der Waals surface area contributed by atoms with E-state index in [4.69, 9.17) is 17.3 Å². The Bertz CT molecular complexity index is 748. The Morgan fingerprint density at radius 3 is 2.65 bits per heavy atom. The van der Waals surface area contributed by atoms with Crippen LogP contribution in [0.15, 0.2) is 35.4 Å². The Labute approximate surface area is 120 Å². The molecule has 0 unspecified atom stereocenters. The van der Waals surface area contributed by atoms with Gasteiger partial charge in [0.1, 0.15) is 10.7 Å². The largest absolute Gasteiger partial charge is 0.396 e. The van der Waals surface area contributed by atoms with Crippen LogP contribution in [0.25, 0.3) is 0 Å². The molecule has 0 aliphatic rings. The molecule has 0 fully saturated rings. The van der Waals surface area contributed by atoms with E-state index in [0.717, 1.165) is 17.7 Å². The van der Waals surface area contributed by atoms with E-state index in [-0.39, 0.29) is 16.5 Å². The lowest BCUT2D eigenvalue weighted by Crippen LogP contribution is -2.16. The summed E-state index contributed by atoms with van der Waals surface area (Å²) in [4.78, 5) is 3.27. The predicted octanol–water partition coefficient (Wildman–Crippen LogP) is 2.57. The zero-order valence-electron chi connectivity index (χ0n) is 10.4. The number of benzene rings is 1. The zero-order chi connectivity index (χ0) is 14.9. The molecule has 0 saturated carbocycles. The van der Waals surface area contributed by atoms with Crippen LogP contribution in [0.3, 0.4) is 0 Å². The van der Waals surface area contributed by atoms with Crippen LogP contribution >= 0.6 is 11.6 Å². The number of sulfonamides is 1. The molecule has 20 heavy (non-hydrogen) atoms. The Morgan fingerprint density at radius 1 is 1.35 bits per heavy atom. The maximum atomic E-state index is 13.8. The third-order valence-corrected chi connectivity index (χ3v) is 4.04. The number of hydrogen-bond donors (Lipinski definition) is 2. The van der Waals surface area contributed by atoms with Crippen LogP contribution in [0.5, 0.6) is 0 Å². The van der Waals surface area contributed by atoms with Gasteiger partial charge in [-0.05, 0) is 30.7 Å². The minimum absolute atomic E-state index is 0.0288. The molecule has 1 aromatic heterocycles. The molecule has 1 aromatic carbocycles. The van der Waals surface area contributed by atoms with E-state index in [1.807, 2.05) is 6.92 Å². The second-order valence-electron chi connectivity index (χ2n) is 4.13. The van der Waals surface area contributed by atoms with Crippen molar-refractivity contribution >= 4 is 33.1 Å². The van der Waals surface area contributed by atoms with Gasteiger partial charge >= 0.3 is 0 Å². The highest BCUT2D eigenvalue weighted by Crippen LogP contribution is 2.26. The first kappa shape index (κ1) is 14.5. The summed E-state index contributed by atoms with van der Waals surface area (Å²) < 4.78 is 40.2. The van der Waals surface area contributed by atoms with E-state index in [1.54, 1.807) is 6.07 Å². The molecule has 8 heteroatoms. The first-order valence-corrected chi connectivity index (χ1v) is 7.36. The molecule has 0 saturated heterocycles. The fourth-order valence-corrected chi connectivity index (χ4v) is 2.93. The maximum absolute atomic E-state index is 13.8. The number of aryl methyl sites for hydroxylation is 1. The molecule has 2 aromatic rings. The number of anilines is 2. The molecule has 0 spiro atoms. The van der Waals surface area contributed by atoms with Gasteiger partial charge in [0.15, 0.2) is 5.82 Å². The monoisotopic (exact) mass is 315 g/mol. The highest BCUT2D eigenvalue weighted by Gasteiger charge is 2.22. The van der Waals surface area contributed by atoms with Crippen molar-refractivity contribution in [3.63, 3.8) is 0 Å². The van der Waals surface area contributed by atoms with E-state index in [0.29, 0.717) is 0 Å². The van der Waals surface area contributed by atoms with E-state index in [2.05, 4.69) is 9.71 Å². The van der Waals surface area contributed by atoms with Gasteiger partial charge < -0.3 is 5.73 Å². The van der Waals surface area contributed by atoms with Gasteiger partial charge in [-0.2, -0.15) is 0 Å². The SMILES string of the molecule is Cc1ccc(NS(=O)(=O)c2cc(Cl)cc(N)c2F)nc1. The summed E-state index contributed by atoms with van der Waals surface area (Å²) in [5, 5.41) is 0.0288. The number of nitrogens with two attached hydrogens (primary N) is 1. The molecular formula is C12H11ClFN3O2S. The van der Waals surface area contributed by atoms with Gasteiger partial charge in [-0.1, -0.05) is 17.7 Å². The Kier molecular flexibility index (Phi) is 3.82. The van der Waals surface area contributed by atoms with Crippen LogP contribution in [0, 0.1) is 12.7 Å². The fourth-order valence-electron chi connectivity index (χ4n) is 1.50. The number of nitrogens with zero attached hydrogens (tertiary/aromatic N) is 1. The summed E-state index contributed by atoms with van der Waals surface area (Å²) in [6, 6.07) is 5.27. The number of nitrogens with one attached hydrogen (secondary N) is 1. The minimum atomic E-state index is -4.15. The van der Waals surface area contributed by atoms with Crippen molar-refractivity contribution in [2.75, 3.05) is 10.5 Å². The third-order valence-electron chi connectivity index (χ3n) is 2.47. The molecular weight excluding hydrogens is 305 g/mol. The van der Waals surface area contributed by atoms with Crippen molar-refractivity contribution in [3.8, 4) is 0 Å². The first-order chi connectivity index (χ1) is 9.29. The second-order valence-corrected chi connectivity index (χ2v) is 6.22. The standard InChI is InChI=1S/C12H11ClFN3O2S/c1-7-2-3-11(16-6-7)17-20(18,19)10-5-8(13)4-9(15)12(10)14/h2-6H,15H2,1H3,(H,16,17). The quantitative estimate of drug-likeness (QED) is 0.852. The van der Waals surface area contributed by atoms with Crippen molar-refractivity contribution in [1.29, 1.82) is 0 Å². The van der Waals surface area contributed by atoms with Crippen molar-refractivity contribution in [2.45, 2.75) is 11.8 Å². The zero-order valence-corrected chi connectivity index (χ0v) is 12.0. The van der Waals surface area contributed by atoms with Crippen molar-refractivity contribution in [2.24, 2.45) is 0 Å². The van der Waals surface area contributed by atoms with Crippen LogP contribution < -0.4 is 10.5 Å². The van der Waals surface area contributed by atoms with E-state index in [1.165, 1.54) is 12.3 Å². The van der Waals surface area contributed by atoms with Crippen molar-refractivity contribution in [3.05, 3.63) is 46.9 Å². The van der Waals surface area contributed by atoms with Gasteiger partial charge in [-0.3, -0.25) is 4.72 Å². The number of nitrogen functional groups attached to an aromatic ring is 1. The molecule has 106 valence electrons. The molecule has 0 bridgehead atoms. The van der Waals surface area contributed by atoms with Gasteiger partial charge in [0.2, 0.25) is 0 Å². The van der Waals surface area contributed by atoms with Crippen LogP contribution in [0.2, 0.25) is 5.02 Å². The van der Waals surface area contributed by atoms with Crippen LogP contribution in [0.1, 0.15) is 5.56 Å². The van der Waals surface area contributed by atoms with Gasteiger partial charge in [-0.15, -0.1) is 0 Å². The molecule has 0 amide bonds. The predicted molar refractivity (Wildman–Crippen MR) is 75.6 cm³/mol. The number of hydrogen-bond acceptors (Lipinski definition) is 4. The average molecular weight is 316 g/mol. The smallest absolute Gasteiger partial charge is 0.266 e. The molecule has 0 atom stereocenters. The fraction of sp³-hybridized carbons (Fsp3) is 0.0833. The summed E-state index contributed by atoms with van der Waals surface area (Å²) in [5.41, 5.74) is 5.89. The number of pyridine rings is 1. The van der Waals surface area contributed by atoms with E-state index < -0.39 is 20.7 Å². The van der Waals surface area contributed by atoms with Crippen molar-refractivity contribution in [1.82, 2.24) is 4.98 Å². The summed E-state index contributed by atoms with van der Waals surface area (Å²) in [7, 11) is -4.15. The molecule has 1 heterocycles. The normalized spacial score (nSPS) is 11.3. The molecule has 0 aliphatic carbocycles. The third kappa shape index (κ3) is 3.00. The Hall–Kier alpha value is -1.86. The van der Waals surface area contributed by atoms with Crippen LogP contribution in [0.4, 0.5) is 15.9 Å².